The van der Waals surface area contributed by atoms with Crippen LogP contribution in [0.15, 0.2) is 33.9 Å². The topological polar surface area (TPSA) is 74.5 Å². The van der Waals surface area contributed by atoms with Crippen molar-refractivity contribution in [2.75, 3.05) is 12.5 Å². The standard InChI is InChI=1S/C20H18N2O4S2/c1-11-2-5-17-13(6-11)8-18(28-17)19-21-22-20(26-19)27-9-14(23)12-3-4-15-16(7-12)25-10-24-15/h3-4,7-8,11H,2,5-6,9-10H2,1H3/t11-/m1/s1. The van der Waals surface area contributed by atoms with Gasteiger partial charge in [-0.1, -0.05) is 18.7 Å². The molecule has 1 atom stereocenters. The zero-order valence-corrected chi connectivity index (χ0v) is 16.9. The van der Waals surface area contributed by atoms with Crippen LogP contribution in [-0.2, 0) is 12.8 Å². The van der Waals surface area contributed by atoms with E-state index in [9.17, 15) is 4.79 Å². The van der Waals surface area contributed by atoms with Gasteiger partial charge in [-0.25, -0.2) is 0 Å². The molecule has 2 aliphatic rings. The largest absolute Gasteiger partial charge is 0.454 e. The molecule has 0 bridgehead atoms. The highest BCUT2D eigenvalue weighted by atomic mass is 32.2. The van der Waals surface area contributed by atoms with Crippen molar-refractivity contribution in [3.05, 3.63) is 40.3 Å². The number of ketones is 1. The van der Waals surface area contributed by atoms with Crippen LogP contribution in [0.1, 0.15) is 34.1 Å². The Hall–Kier alpha value is -2.32. The molecule has 0 radical (unpaired) electrons. The molecule has 2 aromatic heterocycles. The van der Waals surface area contributed by atoms with Crippen LogP contribution in [0.2, 0.25) is 0 Å². The molecule has 144 valence electrons. The molecule has 3 heterocycles. The number of hydrogen-bond donors (Lipinski definition) is 0. The number of rotatable bonds is 5. The molecule has 0 saturated heterocycles. The Labute approximate surface area is 170 Å². The van der Waals surface area contributed by atoms with Crippen molar-refractivity contribution in [1.29, 1.82) is 0 Å². The molecule has 1 aliphatic heterocycles. The van der Waals surface area contributed by atoms with E-state index in [0.29, 0.717) is 28.2 Å². The highest BCUT2D eigenvalue weighted by molar-refractivity contribution is 7.99. The van der Waals surface area contributed by atoms with Gasteiger partial charge in [0, 0.05) is 10.4 Å². The van der Waals surface area contributed by atoms with Crippen molar-refractivity contribution in [1.82, 2.24) is 10.2 Å². The summed E-state index contributed by atoms with van der Waals surface area (Å²) in [5.41, 5.74) is 1.99. The summed E-state index contributed by atoms with van der Waals surface area (Å²) < 4.78 is 16.4. The molecule has 0 spiro atoms. The maximum Gasteiger partial charge on any atom is 0.277 e. The Morgan fingerprint density at radius 2 is 2.14 bits per heavy atom. The predicted molar refractivity (Wildman–Crippen MR) is 106 cm³/mol. The number of nitrogens with zero attached hydrogens (tertiary/aromatic N) is 2. The fraction of sp³-hybridized carbons (Fsp3) is 0.350. The molecule has 0 unspecified atom stereocenters. The van der Waals surface area contributed by atoms with Gasteiger partial charge in [0.2, 0.25) is 6.79 Å². The number of ether oxygens (including phenoxy) is 2. The molecule has 0 amide bonds. The Bertz CT molecular complexity index is 1040. The number of aromatic nitrogens is 2. The van der Waals surface area contributed by atoms with Gasteiger partial charge in [-0.3, -0.25) is 4.79 Å². The fourth-order valence-electron chi connectivity index (χ4n) is 3.46. The quantitative estimate of drug-likeness (QED) is 0.445. The summed E-state index contributed by atoms with van der Waals surface area (Å²) in [6.07, 6.45) is 3.48. The third-order valence-corrected chi connectivity index (χ3v) is 7.01. The van der Waals surface area contributed by atoms with Crippen molar-refractivity contribution in [2.45, 2.75) is 31.4 Å². The molecular weight excluding hydrogens is 396 g/mol. The summed E-state index contributed by atoms with van der Waals surface area (Å²) in [6.45, 7) is 2.48. The summed E-state index contributed by atoms with van der Waals surface area (Å²) in [4.78, 5) is 14.9. The normalized spacial score (nSPS) is 17.5. The third kappa shape index (κ3) is 3.42. The molecule has 1 aliphatic carbocycles. The third-order valence-electron chi connectivity index (χ3n) is 4.97. The van der Waals surface area contributed by atoms with Gasteiger partial charge in [-0.15, -0.1) is 21.5 Å². The SMILES string of the molecule is C[C@@H]1CCc2sc(-c3nnc(SCC(=O)c4ccc5c(c4)OCO5)o3)cc2C1. The van der Waals surface area contributed by atoms with Crippen molar-refractivity contribution < 1.29 is 18.7 Å². The summed E-state index contributed by atoms with van der Waals surface area (Å²) in [5, 5.41) is 8.67. The highest BCUT2D eigenvalue weighted by Gasteiger charge is 2.21. The molecule has 1 aromatic carbocycles. The van der Waals surface area contributed by atoms with Crippen LogP contribution in [0.4, 0.5) is 0 Å². The molecule has 0 N–H and O–H groups in total. The van der Waals surface area contributed by atoms with E-state index >= 15 is 0 Å². The van der Waals surface area contributed by atoms with Gasteiger partial charge in [-0.05, 0) is 55.0 Å². The Balaban J connectivity index is 1.25. The Kier molecular flexibility index (Phi) is 4.60. The number of benzene rings is 1. The molecular formula is C20H18N2O4S2. The number of fused-ring (bicyclic) bond motifs is 2. The lowest BCUT2D eigenvalue weighted by Gasteiger charge is -2.16. The first-order valence-corrected chi connectivity index (χ1v) is 11.0. The van der Waals surface area contributed by atoms with Crippen LogP contribution < -0.4 is 9.47 Å². The maximum atomic E-state index is 12.5. The molecule has 0 fully saturated rings. The van der Waals surface area contributed by atoms with Crippen LogP contribution in [0.3, 0.4) is 0 Å². The zero-order valence-electron chi connectivity index (χ0n) is 15.3. The summed E-state index contributed by atoms with van der Waals surface area (Å²) in [5.74, 6) is 2.73. The second-order valence-corrected chi connectivity index (χ2v) is 9.12. The van der Waals surface area contributed by atoms with Crippen LogP contribution in [0.25, 0.3) is 10.8 Å². The molecule has 6 nitrogen and oxygen atoms in total. The average Bonchev–Trinajstić information content (AvgIpc) is 3.43. The van der Waals surface area contributed by atoms with Gasteiger partial charge in [0.25, 0.3) is 11.1 Å². The van der Waals surface area contributed by atoms with E-state index in [4.69, 9.17) is 13.9 Å². The number of aryl methyl sites for hydroxylation is 1. The van der Waals surface area contributed by atoms with Crippen molar-refractivity contribution in [3.8, 4) is 22.3 Å². The number of carbonyl (C=O) groups excluding carboxylic acids is 1. The second kappa shape index (κ2) is 7.25. The van der Waals surface area contributed by atoms with Gasteiger partial charge in [-0.2, -0.15) is 0 Å². The van der Waals surface area contributed by atoms with Gasteiger partial charge in [0.15, 0.2) is 17.3 Å². The maximum absolute atomic E-state index is 12.5. The monoisotopic (exact) mass is 414 g/mol. The first kappa shape index (κ1) is 17.8. The number of Topliss-reactive ketones (excluding diaryl/α,β-unsaturated/α-hetero) is 1. The predicted octanol–water partition coefficient (Wildman–Crippen LogP) is 4.63. The number of thioether (sulfide) groups is 1. The first-order chi connectivity index (χ1) is 13.7. The summed E-state index contributed by atoms with van der Waals surface area (Å²) in [7, 11) is 0. The lowest BCUT2D eigenvalue weighted by Crippen LogP contribution is -2.07. The summed E-state index contributed by atoms with van der Waals surface area (Å²) in [6, 6.07) is 7.38. The van der Waals surface area contributed by atoms with Crippen molar-refractivity contribution in [2.24, 2.45) is 5.92 Å². The minimum absolute atomic E-state index is 0.0244. The number of hydrogen-bond acceptors (Lipinski definition) is 8. The Morgan fingerprint density at radius 3 is 3.07 bits per heavy atom. The van der Waals surface area contributed by atoms with E-state index in [2.05, 4.69) is 23.2 Å². The van der Waals surface area contributed by atoms with Crippen LogP contribution in [0, 0.1) is 5.92 Å². The fourth-order valence-corrected chi connectivity index (χ4v) is 5.25. The van der Waals surface area contributed by atoms with Gasteiger partial charge < -0.3 is 13.9 Å². The van der Waals surface area contributed by atoms with E-state index in [-0.39, 0.29) is 18.3 Å². The van der Waals surface area contributed by atoms with E-state index in [1.165, 1.54) is 28.6 Å². The highest BCUT2D eigenvalue weighted by Crippen LogP contribution is 2.37. The van der Waals surface area contributed by atoms with Crippen molar-refractivity contribution >= 4 is 28.9 Å². The van der Waals surface area contributed by atoms with E-state index in [0.717, 1.165) is 23.6 Å². The smallest absolute Gasteiger partial charge is 0.277 e. The molecule has 28 heavy (non-hydrogen) atoms. The van der Waals surface area contributed by atoms with Gasteiger partial charge in [0.05, 0.1) is 10.6 Å². The Morgan fingerprint density at radius 1 is 1.25 bits per heavy atom. The van der Waals surface area contributed by atoms with E-state index in [1.54, 1.807) is 29.5 Å². The van der Waals surface area contributed by atoms with Gasteiger partial charge in [0.1, 0.15) is 0 Å². The van der Waals surface area contributed by atoms with E-state index in [1.807, 2.05) is 0 Å². The lowest BCUT2D eigenvalue weighted by atomic mass is 9.90. The second-order valence-electron chi connectivity index (χ2n) is 7.06. The van der Waals surface area contributed by atoms with Gasteiger partial charge >= 0.3 is 0 Å². The minimum Gasteiger partial charge on any atom is -0.454 e. The van der Waals surface area contributed by atoms with Crippen LogP contribution >= 0.6 is 23.1 Å². The average molecular weight is 415 g/mol. The summed E-state index contributed by atoms with van der Waals surface area (Å²) >= 11 is 2.99. The van der Waals surface area contributed by atoms with Crippen molar-refractivity contribution in [3.63, 3.8) is 0 Å². The zero-order chi connectivity index (χ0) is 19.1. The minimum atomic E-state index is -0.0244. The molecule has 3 aromatic rings. The van der Waals surface area contributed by atoms with Crippen LogP contribution in [-0.4, -0.2) is 28.5 Å². The molecule has 0 saturated carbocycles. The van der Waals surface area contributed by atoms with E-state index < -0.39 is 0 Å². The molecule has 5 rings (SSSR count). The first-order valence-electron chi connectivity index (χ1n) is 9.17. The number of carbonyl (C=O) groups is 1. The lowest BCUT2D eigenvalue weighted by molar-refractivity contribution is 0.102. The number of thiophene rings is 1. The molecule has 8 heteroatoms. The van der Waals surface area contributed by atoms with Crippen LogP contribution in [0.5, 0.6) is 11.5 Å².